The van der Waals surface area contributed by atoms with Crippen LogP contribution in [0.15, 0.2) is 35.3 Å². The van der Waals surface area contributed by atoms with Crippen LogP contribution in [0.5, 0.6) is 0 Å². The molecule has 26 heavy (non-hydrogen) atoms. The predicted octanol–water partition coefficient (Wildman–Crippen LogP) is 2.43. The van der Waals surface area contributed by atoms with Gasteiger partial charge in [0.15, 0.2) is 0 Å². The van der Waals surface area contributed by atoms with E-state index < -0.39 is 7.12 Å². The van der Waals surface area contributed by atoms with E-state index in [0.29, 0.717) is 11.9 Å². The molecule has 2 heterocycles. The highest BCUT2D eigenvalue weighted by atomic mass is 16.7. The SMILES string of the molecule is C[C@H](N)CCCn1ccc2cc(B3OC(C)(C)C(C)(C)O3)ccc2c1=O. The van der Waals surface area contributed by atoms with Crippen molar-refractivity contribution in [2.75, 3.05) is 0 Å². The minimum atomic E-state index is -0.419. The summed E-state index contributed by atoms with van der Waals surface area (Å²) in [6.07, 6.45) is 3.67. The van der Waals surface area contributed by atoms with E-state index in [4.69, 9.17) is 15.0 Å². The average molecular weight is 356 g/mol. The van der Waals surface area contributed by atoms with Crippen LogP contribution in [0.3, 0.4) is 0 Å². The molecule has 1 aliphatic heterocycles. The van der Waals surface area contributed by atoms with E-state index in [2.05, 4.69) is 0 Å². The molecule has 0 aliphatic carbocycles. The molecule has 1 saturated heterocycles. The van der Waals surface area contributed by atoms with Crippen molar-refractivity contribution in [2.24, 2.45) is 5.73 Å². The summed E-state index contributed by atoms with van der Waals surface area (Å²) < 4.78 is 14.0. The van der Waals surface area contributed by atoms with Gasteiger partial charge in [0.05, 0.1) is 11.2 Å². The minimum Gasteiger partial charge on any atom is -0.399 e. The first kappa shape index (κ1) is 19.1. The second-order valence-electron chi connectivity index (χ2n) is 8.37. The van der Waals surface area contributed by atoms with Gasteiger partial charge in [-0.15, -0.1) is 0 Å². The number of hydrogen-bond acceptors (Lipinski definition) is 4. The Morgan fingerprint density at radius 1 is 1.15 bits per heavy atom. The van der Waals surface area contributed by atoms with E-state index >= 15 is 0 Å². The lowest BCUT2D eigenvalue weighted by atomic mass is 9.78. The summed E-state index contributed by atoms with van der Waals surface area (Å²) in [6.45, 7) is 10.8. The van der Waals surface area contributed by atoms with E-state index in [-0.39, 0.29) is 22.8 Å². The summed E-state index contributed by atoms with van der Waals surface area (Å²) >= 11 is 0. The van der Waals surface area contributed by atoms with Crippen molar-refractivity contribution in [3.63, 3.8) is 0 Å². The maximum atomic E-state index is 12.7. The highest BCUT2D eigenvalue weighted by Crippen LogP contribution is 2.36. The lowest BCUT2D eigenvalue weighted by Crippen LogP contribution is -2.41. The van der Waals surface area contributed by atoms with E-state index in [9.17, 15) is 4.79 Å². The maximum absolute atomic E-state index is 12.7. The Labute approximate surface area is 155 Å². The number of aryl methyl sites for hydroxylation is 1. The summed E-state index contributed by atoms with van der Waals surface area (Å²) in [5, 5.41) is 1.62. The molecule has 6 heteroatoms. The number of nitrogens with zero attached hydrogens (tertiary/aromatic N) is 1. The van der Waals surface area contributed by atoms with Crippen LogP contribution in [0.1, 0.15) is 47.5 Å². The highest BCUT2D eigenvalue weighted by molar-refractivity contribution is 6.62. The van der Waals surface area contributed by atoms with Gasteiger partial charge < -0.3 is 19.6 Å². The van der Waals surface area contributed by atoms with Gasteiger partial charge >= 0.3 is 7.12 Å². The van der Waals surface area contributed by atoms with Crippen LogP contribution in [-0.4, -0.2) is 28.9 Å². The Balaban J connectivity index is 1.86. The molecule has 0 spiro atoms. The lowest BCUT2D eigenvalue weighted by molar-refractivity contribution is 0.00578. The second kappa shape index (κ2) is 6.84. The number of benzene rings is 1. The van der Waals surface area contributed by atoms with Gasteiger partial charge in [0.25, 0.3) is 5.56 Å². The van der Waals surface area contributed by atoms with Crippen LogP contribution >= 0.6 is 0 Å². The number of nitrogens with two attached hydrogens (primary N) is 1. The molecule has 5 nitrogen and oxygen atoms in total. The van der Waals surface area contributed by atoms with Crippen LogP contribution in [0.2, 0.25) is 0 Å². The van der Waals surface area contributed by atoms with Gasteiger partial charge in [-0.3, -0.25) is 4.79 Å². The van der Waals surface area contributed by atoms with E-state index in [1.165, 1.54) is 0 Å². The van der Waals surface area contributed by atoms with Gasteiger partial charge in [-0.2, -0.15) is 0 Å². The molecule has 2 aromatic rings. The van der Waals surface area contributed by atoms with E-state index in [0.717, 1.165) is 23.7 Å². The normalized spacial score (nSPS) is 19.8. The molecule has 1 atom stereocenters. The smallest absolute Gasteiger partial charge is 0.399 e. The van der Waals surface area contributed by atoms with Crippen molar-refractivity contribution < 1.29 is 9.31 Å². The largest absolute Gasteiger partial charge is 0.494 e. The Morgan fingerprint density at radius 3 is 2.42 bits per heavy atom. The summed E-state index contributed by atoms with van der Waals surface area (Å²) in [5.74, 6) is 0. The van der Waals surface area contributed by atoms with Gasteiger partial charge in [-0.25, -0.2) is 0 Å². The van der Waals surface area contributed by atoms with Crippen molar-refractivity contribution >= 4 is 23.4 Å². The monoisotopic (exact) mass is 356 g/mol. The van der Waals surface area contributed by atoms with Crippen molar-refractivity contribution in [2.45, 2.75) is 71.2 Å². The van der Waals surface area contributed by atoms with Gasteiger partial charge in [-0.1, -0.05) is 12.1 Å². The van der Waals surface area contributed by atoms with Gasteiger partial charge in [0.1, 0.15) is 0 Å². The van der Waals surface area contributed by atoms with Crippen molar-refractivity contribution in [3.8, 4) is 0 Å². The summed E-state index contributed by atoms with van der Waals surface area (Å²) in [6, 6.07) is 7.94. The zero-order valence-corrected chi connectivity index (χ0v) is 16.4. The molecule has 140 valence electrons. The molecule has 0 unspecified atom stereocenters. The first-order valence-electron chi connectivity index (χ1n) is 9.35. The molecule has 2 N–H and O–H groups in total. The Morgan fingerprint density at radius 2 is 1.81 bits per heavy atom. The fourth-order valence-electron chi connectivity index (χ4n) is 3.19. The molecule has 1 aromatic carbocycles. The Hall–Kier alpha value is -1.63. The summed E-state index contributed by atoms with van der Waals surface area (Å²) in [7, 11) is -0.419. The van der Waals surface area contributed by atoms with Crippen LogP contribution in [0.4, 0.5) is 0 Å². The molecular formula is C20H29BN2O3. The highest BCUT2D eigenvalue weighted by Gasteiger charge is 2.51. The second-order valence-corrected chi connectivity index (χ2v) is 8.37. The fourth-order valence-corrected chi connectivity index (χ4v) is 3.19. The van der Waals surface area contributed by atoms with Crippen LogP contribution in [0.25, 0.3) is 10.8 Å². The van der Waals surface area contributed by atoms with Gasteiger partial charge in [0, 0.05) is 24.2 Å². The molecule has 1 aliphatic rings. The minimum absolute atomic E-state index is 0.0349. The zero-order valence-electron chi connectivity index (χ0n) is 16.4. The first-order valence-corrected chi connectivity index (χ1v) is 9.35. The van der Waals surface area contributed by atoms with Crippen molar-refractivity contribution in [1.29, 1.82) is 0 Å². The zero-order chi connectivity index (χ0) is 19.1. The Bertz CT molecular complexity index is 842. The third-order valence-electron chi connectivity index (χ3n) is 5.58. The van der Waals surface area contributed by atoms with Crippen molar-refractivity contribution in [3.05, 3.63) is 40.8 Å². The third-order valence-corrected chi connectivity index (χ3v) is 5.58. The van der Waals surface area contributed by atoms with Crippen LogP contribution in [0, 0.1) is 0 Å². The molecule has 0 bridgehead atoms. The standard InChI is InChI=1S/C20H29BN2O3/c1-14(22)7-6-11-23-12-10-15-13-16(8-9-17(15)18(23)24)21-25-19(2,3)20(4,5)26-21/h8-10,12-14H,6-7,11,22H2,1-5H3/t14-/m0/s1. The molecule has 1 fully saturated rings. The van der Waals surface area contributed by atoms with Crippen molar-refractivity contribution in [1.82, 2.24) is 4.57 Å². The third kappa shape index (κ3) is 3.59. The fraction of sp³-hybridized carbons (Fsp3) is 0.550. The number of rotatable bonds is 5. The molecule has 0 saturated carbocycles. The summed E-state index contributed by atoms with van der Waals surface area (Å²) in [4.78, 5) is 12.7. The van der Waals surface area contributed by atoms with Crippen LogP contribution in [-0.2, 0) is 15.9 Å². The molecule has 0 amide bonds. The molecule has 0 radical (unpaired) electrons. The predicted molar refractivity (Wildman–Crippen MR) is 107 cm³/mol. The lowest BCUT2D eigenvalue weighted by Gasteiger charge is -2.32. The van der Waals surface area contributed by atoms with Gasteiger partial charge in [0.2, 0.25) is 0 Å². The van der Waals surface area contributed by atoms with E-state index in [1.54, 1.807) is 4.57 Å². The molecule has 1 aromatic heterocycles. The van der Waals surface area contributed by atoms with E-state index in [1.807, 2.05) is 65.1 Å². The number of aromatic nitrogens is 1. The topological polar surface area (TPSA) is 66.5 Å². The number of hydrogen-bond donors (Lipinski definition) is 1. The molecular weight excluding hydrogens is 327 g/mol. The molecule has 3 rings (SSSR count). The average Bonchev–Trinajstić information content (AvgIpc) is 2.77. The quantitative estimate of drug-likeness (QED) is 0.836. The van der Waals surface area contributed by atoms with Crippen LogP contribution < -0.4 is 16.8 Å². The van der Waals surface area contributed by atoms with Gasteiger partial charge in [-0.05, 0) is 70.4 Å². The first-order chi connectivity index (χ1) is 12.1. The number of fused-ring (bicyclic) bond motifs is 1. The number of pyridine rings is 1. The maximum Gasteiger partial charge on any atom is 0.494 e. The summed E-state index contributed by atoms with van der Waals surface area (Å²) in [5.41, 5.74) is 6.00. The Kier molecular flexibility index (Phi) is 5.03.